The van der Waals surface area contributed by atoms with Crippen LogP contribution < -0.4 is 14.4 Å². The van der Waals surface area contributed by atoms with E-state index in [2.05, 4.69) is 5.32 Å². The summed E-state index contributed by atoms with van der Waals surface area (Å²) in [7, 11) is -4.24. The van der Waals surface area contributed by atoms with E-state index in [1.807, 2.05) is 0 Å². The summed E-state index contributed by atoms with van der Waals surface area (Å²) in [4.78, 5) is 38.5. The van der Waals surface area contributed by atoms with Crippen molar-refractivity contribution in [2.75, 3.05) is 10.2 Å². The molecule has 1 saturated heterocycles. The second kappa shape index (κ2) is 7.44. The quantitative estimate of drug-likeness (QED) is 0.550. The Bertz CT molecular complexity index is 1200. The Kier molecular flexibility index (Phi) is 4.81. The van der Waals surface area contributed by atoms with Gasteiger partial charge >= 0.3 is 10.1 Å². The molecule has 4 atom stereocenters. The molecule has 3 fully saturated rings. The molecule has 0 unspecified atom stereocenters. The third-order valence-electron chi connectivity index (χ3n) is 6.70. The van der Waals surface area contributed by atoms with E-state index in [1.165, 1.54) is 43.3 Å². The van der Waals surface area contributed by atoms with Crippen LogP contribution in [-0.4, -0.2) is 26.1 Å². The van der Waals surface area contributed by atoms with E-state index in [1.54, 1.807) is 12.1 Å². The summed E-state index contributed by atoms with van der Waals surface area (Å²) in [6, 6.07) is 11.7. The van der Waals surface area contributed by atoms with E-state index in [-0.39, 0.29) is 57.7 Å². The molecule has 0 aromatic heterocycles. The Morgan fingerprint density at radius 1 is 0.969 bits per heavy atom. The summed E-state index contributed by atoms with van der Waals surface area (Å²) >= 11 is 0. The molecule has 2 saturated carbocycles. The van der Waals surface area contributed by atoms with Gasteiger partial charge in [-0.25, -0.2) is 4.90 Å². The minimum atomic E-state index is -4.24. The zero-order valence-corrected chi connectivity index (χ0v) is 18.2. The Hall–Kier alpha value is -3.20. The zero-order chi connectivity index (χ0) is 22.6. The number of benzene rings is 2. The first-order chi connectivity index (χ1) is 15.3. The maximum absolute atomic E-state index is 13.2. The van der Waals surface area contributed by atoms with Crippen molar-refractivity contribution in [3.05, 3.63) is 48.5 Å². The molecule has 5 rings (SSSR count). The number of rotatable bonds is 5. The van der Waals surface area contributed by atoms with Gasteiger partial charge in [-0.15, -0.1) is 0 Å². The largest absolute Gasteiger partial charge is 0.377 e. The molecule has 2 aromatic carbocycles. The van der Waals surface area contributed by atoms with Crippen LogP contribution in [0.25, 0.3) is 0 Å². The standard InChI is InChI=1S/C23H22N2O6S/c1-13(26)24-16-8-10-17(11-9-16)32(29,30)31-19-5-3-2-4-18(19)25-22(27)20-14-6-7-15(12-14)21(20)23(25)28/h2-5,8-11,14-15,20-21H,6-7,12H2,1H3,(H,24,26)/t14-,15+,20-,21+. The third kappa shape index (κ3) is 3.28. The molecular formula is C23H22N2O6S. The average molecular weight is 455 g/mol. The topological polar surface area (TPSA) is 110 Å². The number of hydrogen-bond donors (Lipinski definition) is 1. The first-order valence-electron chi connectivity index (χ1n) is 10.6. The molecule has 1 aliphatic heterocycles. The van der Waals surface area contributed by atoms with Crippen LogP contribution in [0, 0.1) is 23.7 Å². The smallest absolute Gasteiger partial charge is 0.339 e. The van der Waals surface area contributed by atoms with E-state index >= 15 is 0 Å². The molecule has 2 aromatic rings. The summed E-state index contributed by atoms with van der Waals surface area (Å²) in [6.07, 6.45) is 2.83. The predicted octanol–water partition coefficient (Wildman–Crippen LogP) is 2.95. The molecule has 8 nitrogen and oxygen atoms in total. The molecule has 166 valence electrons. The van der Waals surface area contributed by atoms with Gasteiger partial charge < -0.3 is 9.50 Å². The maximum Gasteiger partial charge on any atom is 0.339 e. The predicted molar refractivity (Wildman–Crippen MR) is 115 cm³/mol. The number of fused-ring (bicyclic) bond motifs is 5. The monoisotopic (exact) mass is 454 g/mol. The molecule has 3 amide bonds. The summed E-state index contributed by atoms with van der Waals surface area (Å²) in [5.74, 6) is -1.05. The fourth-order valence-corrected chi connectivity index (χ4v) is 6.38. The molecule has 2 bridgehead atoms. The highest BCUT2D eigenvalue weighted by Crippen LogP contribution is 2.57. The second-order valence-corrected chi connectivity index (χ2v) is 10.2. The van der Waals surface area contributed by atoms with Gasteiger partial charge in [0.1, 0.15) is 4.90 Å². The van der Waals surface area contributed by atoms with Crippen molar-refractivity contribution < 1.29 is 27.0 Å². The lowest BCUT2D eigenvalue weighted by atomic mass is 9.81. The average Bonchev–Trinajstić information content (AvgIpc) is 3.42. The van der Waals surface area contributed by atoms with Crippen LogP contribution in [0.2, 0.25) is 0 Å². The van der Waals surface area contributed by atoms with Crippen molar-refractivity contribution in [3.8, 4) is 5.75 Å². The Labute approximate surface area is 185 Å². The van der Waals surface area contributed by atoms with Gasteiger partial charge in [0.25, 0.3) is 0 Å². The first kappa shape index (κ1) is 20.7. The molecule has 0 spiro atoms. The highest BCUT2D eigenvalue weighted by molar-refractivity contribution is 7.87. The van der Waals surface area contributed by atoms with Crippen LogP contribution in [0.1, 0.15) is 26.2 Å². The van der Waals surface area contributed by atoms with Crippen molar-refractivity contribution in [1.29, 1.82) is 0 Å². The van der Waals surface area contributed by atoms with Gasteiger partial charge in [0.05, 0.1) is 17.5 Å². The van der Waals surface area contributed by atoms with Crippen LogP contribution >= 0.6 is 0 Å². The van der Waals surface area contributed by atoms with E-state index < -0.39 is 10.1 Å². The number of nitrogens with zero attached hydrogens (tertiary/aromatic N) is 1. The van der Waals surface area contributed by atoms with E-state index in [4.69, 9.17) is 4.18 Å². The van der Waals surface area contributed by atoms with Gasteiger partial charge in [0.2, 0.25) is 17.7 Å². The SMILES string of the molecule is CC(=O)Nc1ccc(S(=O)(=O)Oc2ccccc2N2C(=O)[C@@H]3[C@@H]4CC[C@@H](C4)[C@@H]3C2=O)cc1. The molecular weight excluding hydrogens is 432 g/mol. The number of amides is 3. The normalized spacial score (nSPS) is 26.3. The van der Waals surface area contributed by atoms with Gasteiger partial charge in [-0.3, -0.25) is 14.4 Å². The van der Waals surface area contributed by atoms with Crippen molar-refractivity contribution in [2.45, 2.75) is 31.1 Å². The molecule has 0 radical (unpaired) electrons. The molecule has 9 heteroatoms. The van der Waals surface area contributed by atoms with E-state index in [0.29, 0.717) is 5.69 Å². The zero-order valence-electron chi connectivity index (χ0n) is 17.4. The number of imide groups is 1. The number of nitrogens with one attached hydrogen (secondary N) is 1. The van der Waals surface area contributed by atoms with Crippen LogP contribution in [-0.2, 0) is 24.5 Å². The van der Waals surface area contributed by atoms with Gasteiger partial charge in [-0.1, -0.05) is 12.1 Å². The van der Waals surface area contributed by atoms with Crippen molar-refractivity contribution >= 4 is 39.2 Å². The van der Waals surface area contributed by atoms with Crippen molar-refractivity contribution in [2.24, 2.45) is 23.7 Å². The summed E-state index contributed by atoms with van der Waals surface area (Å²) in [5, 5.41) is 2.56. The van der Waals surface area contributed by atoms with Crippen molar-refractivity contribution in [3.63, 3.8) is 0 Å². The van der Waals surface area contributed by atoms with Crippen LogP contribution in [0.15, 0.2) is 53.4 Å². The van der Waals surface area contributed by atoms with Crippen molar-refractivity contribution in [1.82, 2.24) is 0 Å². The van der Waals surface area contributed by atoms with E-state index in [9.17, 15) is 22.8 Å². The maximum atomic E-state index is 13.2. The summed E-state index contributed by atoms with van der Waals surface area (Å²) in [6.45, 7) is 1.35. The summed E-state index contributed by atoms with van der Waals surface area (Å²) < 4.78 is 31.1. The van der Waals surface area contributed by atoms with Crippen LogP contribution in [0.5, 0.6) is 5.75 Å². The number of anilines is 2. The summed E-state index contributed by atoms with van der Waals surface area (Å²) in [5.41, 5.74) is 0.598. The second-order valence-electron chi connectivity index (χ2n) is 8.61. The number of carbonyl (C=O) groups excluding carboxylic acids is 3. The fraction of sp³-hybridized carbons (Fsp3) is 0.348. The lowest BCUT2D eigenvalue weighted by molar-refractivity contribution is -0.123. The lowest BCUT2D eigenvalue weighted by Crippen LogP contribution is -2.33. The van der Waals surface area contributed by atoms with E-state index in [0.717, 1.165) is 24.2 Å². The Morgan fingerprint density at radius 2 is 1.56 bits per heavy atom. The number of hydrogen-bond acceptors (Lipinski definition) is 6. The third-order valence-corrected chi connectivity index (χ3v) is 7.94. The molecule has 3 aliphatic rings. The van der Waals surface area contributed by atoms with Gasteiger partial charge in [-0.05, 0) is 67.5 Å². The molecule has 2 aliphatic carbocycles. The first-order valence-corrected chi connectivity index (χ1v) is 12.0. The highest BCUT2D eigenvalue weighted by Gasteiger charge is 2.61. The molecule has 1 heterocycles. The van der Waals surface area contributed by atoms with Crippen LogP contribution in [0.4, 0.5) is 11.4 Å². The Morgan fingerprint density at radius 3 is 2.16 bits per heavy atom. The molecule has 32 heavy (non-hydrogen) atoms. The van der Waals surface area contributed by atoms with Crippen LogP contribution in [0.3, 0.4) is 0 Å². The minimum Gasteiger partial charge on any atom is -0.377 e. The lowest BCUT2D eigenvalue weighted by Gasteiger charge is -2.20. The number of carbonyl (C=O) groups is 3. The molecule has 1 N–H and O–H groups in total. The fourth-order valence-electron chi connectivity index (χ4n) is 5.43. The highest BCUT2D eigenvalue weighted by atomic mass is 32.2. The van der Waals surface area contributed by atoms with Gasteiger partial charge in [0.15, 0.2) is 5.75 Å². The van der Waals surface area contributed by atoms with Gasteiger partial charge in [0, 0.05) is 12.6 Å². The minimum absolute atomic E-state index is 0.0764. The number of para-hydroxylation sites is 2. The van der Waals surface area contributed by atoms with Gasteiger partial charge in [-0.2, -0.15) is 8.42 Å². The Balaban J connectivity index is 1.44.